The molecule has 0 bridgehead atoms. The highest BCUT2D eigenvalue weighted by atomic mass is 16.5. The van der Waals surface area contributed by atoms with Crippen LogP contribution in [0.15, 0.2) is 91.5 Å². The Hall–Kier alpha value is -3.13. The van der Waals surface area contributed by atoms with Crippen molar-refractivity contribution in [3.05, 3.63) is 108 Å². The highest BCUT2D eigenvalue weighted by Gasteiger charge is 2.09. The summed E-state index contributed by atoms with van der Waals surface area (Å²) in [5.74, 6) is 0.182. The molecule has 0 heterocycles. The monoisotopic (exact) mass is 314 g/mol. The van der Waals surface area contributed by atoms with Crippen LogP contribution in [-0.2, 0) is 6.42 Å². The molecule has 0 N–H and O–H groups in total. The van der Waals surface area contributed by atoms with Crippen molar-refractivity contribution in [2.45, 2.75) is 6.42 Å². The van der Waals surface area contributed by atoms with E-state index in [9.17, 15) is 4.79 Å². The van der Waals surface area contributed by atoms with Crippen LogP contribution in [0.5, 0.6) is 5.75 Å². The van der Waals surface area contributed by atoms with Gasteiger partial charge in [-0.2, -0.15) is 0 Å². The highest BCUT2D eigenvalue weighted by Crippen LogP contribution is 2.19. The largest absolute Gasteiger partial charge is 0.423 e. The number of allylic oxidation sites excluding steroid dienone is 1. The van der Waals surface area contributed by atoms with Gasteiger partial charge in [0.05, 0.1) is 5.56 Å². The predicted octanol–water partition coefficient (Wildman–Crippen LogP) is 5.16. The molecule has 0 atom stereocenters. The maximum absolute atomic E-state index is 12.1. The minimum absolute atomic E-state index is 0.360. The topological polar surface area (TPSA) is 26.3 Å². The van der Waals surface area contributed by atoms with Crippen LogP contribution < -0.4 is 4.74 Å². The van der Waals surface area contributed by atoms with Crippen LogP contribution in [0.1, 0.15) is 21.5 Å². The van der Waals surface area contributed by atoms with E-state index in [0.29, 0.717) is 11.3 Å². The first-order valence-corrected chi connectivity index (χ1v) is 7.82. The molecule has 0 aliphatic heterocycles. The van der Waals surface area contributed by atoms with E-state index in [1.54, 1.807) is 24.3 Å². The van der Waals surface area contributed by atoms with E-state index in [1.807, 2.05) is 48.5 Å². The maximum atomic E-state index is 12.1. The predicted molar refractivity (Wildman–Crippen MR) is 97.0 cm³/mol. The Morgan fingerprint density at radius 2 is 1.29 bits per heavy atom. The van der Waals surface area contributed by atoms with Gasteiger partial charge in [0.25, 0.3) is 0 Å². The lowest BCUT2D eigenvalue weighted by molar-refractivity contribution is 0.0735. The average molecular weight is 314 g/mol. The first-order chi connectivity index (χ1) is 11.7. The first-order valence-electron chi connectivity index (χ1n) is 7.82. The van der Waals surface area contributed by atoms with Gasteiger partial charge in [0, 0.05) is 0 Å². The van der Waals surface area contributed by atoms with Crippen LogP contribution in [0.2, 0.25) is 0 Å². The van der Waals surface area contributed by atoms with Crippen molar-refractivity contribution in [1.82, 2.24) is 0 Å². The molecule has 0 fully saturated rings. The van der Waals surface area contributed by atoms with E-state index in [-0.39, 0.29) is 5.97 Å². The van der Waals surface area contributed by atoms with Gasteiger partial charge in [-0.15, -0.1) is 0 Å². The van der Waals surface area contributed by atoms with Gasteiger partial charge in [-0.25, -0.2) is 4.79 Å². The van der Waals surface area contributed by atoms with Crippen molar-refractivity contribution >= 4 is 11.5 Å². The number of carbonyl (C=O) groups is 1. The van der Waals surface area contributed by atoms with Crippen LogP contribution in [-0.4, -0.2) is 5.97 Å². The van der Waals surface area contributed by atoms with Crippen molar-refractivity contribution in [2.75, 3.05) is 0 Å². The molecule has 0 saturated carbocycles. The van der Waals surface area contributed by atoms with E-state index in [2.05, 4.69) is 18.7 Å². The van der Waals surface area contributed by atoms with E-state index < -0.39 is 0 Å². The molecule has 0 aliphatic rings. The summed E-state index contributed by atoms with van der Waals surface area (Å²) in [6.45, 7) is 4.15. The number of hydrogen-bond acceptors (Lipinski definition) is 2. The minimum atomic E-state index is -0.360. The summed E-state index contributed by atoms with van der Waals surface area (Å²) in [5.41, 5.74) is 3.78. The molecule has 0 aliphatic carbocycles. The fourth-order valence-corrected chi connectivity index (χ4v) is 2.44. The van der Waals surface area contributed by atoms with Gasteiger partial charge >= 0.3 is 5.97 Å². The van der Waals surface area contributed by atoms with Crippen LogP contribution in [0, 0.1) is 0 Å². The number of carbonyl (C=O) groups excluding carboxylic acids is 1. The van der Waals surface area contributed by atoms with Gasteiger partial charge in [-0.3, -0.25) is 0 Å². The summed E-state index contributed by atoms with van der Waals surface area (Å²) in [7, 11) is 0. The van der Waals surface area contributed by atoms with E-state index in [4.69, 9.17) is 4.74 Å². The van der Waals surface area contributed by atoms with Gasteiger partial charge in [0.15, 0.2) is 0 Å². The SMILES string of the molecule is C=C(Cc1ccccc1)c1ccc(C(=O)Oc2ccccc2)cc1. The molecule has 2 heteroatoms. The van der Waals surface area contributed by atoms with Crippen LogP contribution in [0.4, 0.5) is 0 Å². The van der Waals surface area contributed by atoms with Crippen molar-refractivity contribution in [1.29, 1.82) is 0 Å². The molecule has 0 saturated heterocycles. The van der Waals surface area contributed by atoms with Crippen molar-refractivity contribution in [3.8, 4) is 5.75 Å². The molecule has 3 aromatic rings. The molecule has 0 unspecified atom stereocenters. The number of ether oxygens (including phenoxy) is 1. The molecule has 0 amide bonds. The number of para-hydroxylation sites is 1. The second-order valence-electron chi connectivity index (χ2n) is 5.55. The molecule has 0 spiro atoms. The number of benzene rings is 3. The zero-order valence-electron chi connectivity index (χ0n) is 13.3. The molecular formula is C22H18O2. The minimum Gasteiger partial charge on any atom is -0.423 e. The first kappa shape index (κ1) is 15.8. The normalized spacial score (nSPS) is 10.2. The second-order valence-corrected chi connectivity index (χ2v) is 5.55. The lowest BCUT2D eigenvalue weighted by Crippen LogP contribution is -2.08. The Bertz CT molecular complexity index is 746. The number of hydrogen-bond donors (Lipinski definition) is 0. The van der Waals surface area contributed by atoms with Crippen LogP contribution in [0.25, 0.3) is 5.57 Å². The fourth-order valence-electron chi connectivity index (χ4n) is 2.44. The average Bonchev–Trinajstić information content (AvgIpc) is 2.63. The summed E-state index contributed by atoms with van der Waals surface area (Å²) in [6, 6.07) is 26.6. The summed E-state index contributed by atoms with van der Waals surface area (Å²) < 4.78 is 5.34. The van der Waals surface area contributed by atoms with Crippen molar-refractivity contribution in [2.24, 2.45) is 0 Å². The maximum Gasteiger partial charge on any atom is 0.343 e. The molecule has 3 rings (SSSR count). The fraction of sp³-hybridized carbons (Fsp3) is 0.0455. The smallest absolute Gasteiger partial charge is 0.343 e. The molecular weight excluding hydrogens is 296 g/mol. The Morgan fingerprint density at radius 1 is 0.750 bits per heavy atom. The molecule has 0 aromatic heterocycles. The molecule has 24 heavy (non-hydrogen) atoms. The Morgan fingerprint density at radius 3 is 1.92 bits per heavy atom. The van der Waals surface area contributed by atoms with Crippen LogP contribution in [0.3, 0.4) is 0 Å². The Labute approximate surface area is 142 Å². The lowest BCUT2D eigenvalue weighted by Gasteiger charge is -2.08. The van der Waals surface area contributed by atoms with E-state index in [1.165, 1.54) is 5.56 Å². The number of rotatable bonds is 5. The van der Waals surface area contributed by atoms with E-state index >= 15 is 0 Å². The zero-order valence-corrected chi connectivity index (χ0v) is 13.3. The summed E-state index contributed by atoms with van der Waals surface area (Å²) in [5, 5.41) is 0. The number of esters is 1. The lowest BCUT2D eigenvalue weighted by atomic mass is 9.99. The standard InChI is InChI=1S/C22H18O2/c1-17(16-18-8-4-2-5-9-18)19-12-14-20(15-13-19)22(23)24-21-10-6-3-7-11-21/h2-15H,1,16H2. The summed E-state index contributed by atoms with van der Waals surface area (Å²) in [4.78, 5) is 12.1. The zero-order chi connectivity index (χ0) is 16.8. The molecule has 0 radical (unpaired) electrons. The molecule has 2 nitrogen and oxygen atoms in total. The van der Waals surface area contributed by atoms with Gasteiger partial charge in [0.1, 0.15) is 5.75 Å². The van der Waals surface area contributed by atoms with Gasteiger partial charge in [-0.05, 0) is 47.4 Å². The van der Waals surface area contributed by atoms with Gasteiger partial charge in [-0.1, -0.05) is 67.2 Å². The third-order valence-corrected chi connectivity index (χ3v) is 3.74. The van der Waals surface area contributed by atoms with Crippen molar-refractivity contribution < 1.29 is 9.53 Å². The Balaban J connectivity index is 1.66. The third-order valence-electron chi connectivity index (χ3n) is 3.74. The second kappa shape index (κ2) is 7.42. The molecule has 3 aromatic carbocycles. The van der Waals surface area contributed by atoms with Gasteiger partial charge in [0.2, 0.25) is 0 Å². The third kappa shape index (κ3) is 3.99. The molecule has 118 valence electrons. The van der Waals surface area contributed by atoms with Gasteiger partial charge < -0.3 is 4.74 Å². The Kier molecular flexibility index (Phi) is 4.87. The van der Waals surface area contributed by atoms with Crippen LogP contribution >= 0.6 is 0 Å². The quantitative estimate of drug-likeness (QED) is 0.480. The van der Waals surface area contributed by atoms with E-state index in [0.717, 1.165) is 17.6 Å². The highest BCUT2D eigenvalue weighted by molar-refractivity contribution is 5.91. The summed E-state index contributed by atoms with van der Waals surface area (Å²) >= 11 is 0. The van der Waals surface area contributed by atoms with Crippen molar-refractivity contribution in [3.63, 3.8) is 0 Å². The summed E-state index contributed by atoms with van der Waals surface area (Å²) in [6.07, 6.45) is 0.786.